The number of nitrogens with zero attached hydrogens (tertiary/aromatic N) is 5. The van der Waals surface area contributed by atoms with Gasteiger partial charge in [-0.2, -0.15) is 0 Å². The number of halogens is 3. The van der Waals surface area contributed by atoms with Gasteiger partial charge in [-0.3, -0.25) is 14.4 Å². The summed E-state index contributed by atoms with van der Waals surface area (Å²) in [5.41, 5.74) is 0.0972. The third kappa shape index (κ3) is 9.76. The minimum absolute atomic E-state index is 0.0461. The predicted molar refractivity (Wildman–Crippen MR) is 190 cm³/mol. The minimum Gasteiger partial charge on any atom is -0.453 e. The molecule has 53 heavy (non-hydrogen) atoms. The molecule has 4 atom stereocenters. The Bertz CT molecular complexity index is 1790. The van der Waals surface area contributed by atoms with Crippen LogP contribution in [0, 0.1) is 23.5 Å². The molecule has 0 bridgehead atoms. The number of carbonyl (C=O) groups is 4. The smallest absolute Gasteiger partial charge is 0.410 e. The molecule has 286 valence electrons. The molecule has 1 aromatic heterocycles. The summed E-state index contributed by atoms with van der Waals surface area (Å²) in [6.07, 6.45) is -0.998. The molecular weight excluding hydrogens is 691 g/mol. The first-order valence-corrected chi connectivity index (χ1v) is 17.9. The van der Waals surface area contributed by atoms with Crippen molar-refractivity contribution >= 4 is 23.9 Å². The van der Waals surface area contributed by atoms with Crippen LogP contribution in [0.3, 0.4) is 0 Å². The largest absolute Gasteiger partial charge is 0.453 e. The Balaban J connectivity index is 1.64. The van der Waals surface area contributed by atoms with Gasteiger partial charge in [-0.25, -0.2) is 22.9 Å². The second-order valence-electron chi connectivity index (χ2n) is 14.9. The zero-order valence-corrected chi connectivity index (χ0v) is 31.1. The molecular formula is C39H48F3N5O6. The van der Waals surface area contributed by atoms with Gasteiger partial charge >= 0.3 is 12.1 Å². The summed E-state index contributed by atoms with van der Waals surface area (Å²) >= 11 is 0. The lowest BCUT2D eigenvalue weighted by atomic mass is 9.86. The molecule has 2 aromatic carbocycles. The average molecular weight is 740 g/mol. The van der Waals surface area contributed by atoms with Gasteiger partial charge in [-0.1, -0.05) is 30.3 Å². The molecule has 0 aliphatic carbocycles. The van der Waals surface area contributed by atoms with Crippen molar-refractivity contribution in [1.29, 1.82) is 0 Å². The molecule has 0 N–H and O–H groups in total. The lowest BCUT2D eigenvalue weighted by molar-refractivity contribution is -0.160. The molecule has 0 spiro atoms. The number of likely N-dealkylation sites (tertiary alicyclic amines) is 2. The number of piperidine rings is 1. The van der Waals surface area contributed by atoms with Gasteiger partial charge in [0, 0.05) is 64.2 Å². The van der Waals surface area contributed by atoms with Crippen LogP contribution in [0.15, 0.2) is 54.7 Å². The summed E-state index contributed by atoms with van der Waals surface area (Å²) in [6.45, 7) is 9.77. The maximum atomic E-state index is 16.0. The zero-order chi connectivity index (χ0) is 38.6. The van der Waals surface area contributed by atoms with Gasteiger partial charge in [0.15, 0.2) is 6.10 Å². The van der Waals surface area contributed by atoms with Crippen molar-refractivity contribution in [3.63, 3.8) is 0 Å². The monoisotopic (exact) mass is 739 g/mol. The Kier molecular flexibility index (Phi) is 12.2. The fourth-order valence-electron chi connectivity index (χ4n) is 7.14. The summed E-state index contributed by atoms with van der Waals surface area (Å²) in [6, 6.07) is 11.6. The Morgan fingerprint density at radius 2 is 1.66 bits per heavy atom. The molecule has 5 rings (SSSR count). The van der Waals surface area contributed by atoms with Crippen molar-refractivity contribution in [3.8, 4) is 11.3 Å². The molecule has 2 saturated heterocycles. The van der Waals surface area contributed by atoms with Gasteiger partial charge in [0.2, 0.25) is 5.91 Å². The van der Waals surface area contributed by atoms with Crippen LogP contribution in [0.2, 0.25) is 0 Å². The summed E-state index contributed by atoms with van der Waals surface area (Å²) in [4.78, 5) is 61.3. The number of hydrogen-bond donors (Lipinski definition) is 0. The van der Waals surface area contributed by atoms with Crippen LogP contribution in [-0.2, 0) is 30.4 Å². The number of benzene rings is 2. The number of ether oxygens (including phenoxy) is 2. The summed E-state index contributed by atoms with van der Waals surface area (Å²) < 4.78 is 58.4. The van der Waals surface area contributed by atoms with Crippen LogP contribution in [0.5, 0.6) is 0 Å². The van der Waals surface area contributed by atoms with Crippen LogP contribution in [0.1, 0.15) is 71.8 Å². The third-order valence-corrected chi connectivity index (χ3v) is 9.66. The predicted octanol–water partition coefficient (Wildman–Crippen LogP) is 6.16. The van der Waals surface area contributed by atoms with Crippen molar-refractivity contribution in [2.75, 3.05) is 32.7 Å². The summed E-state index contributed by atoms with van der Waals surface area (Å²) in [5.74, 6) is -3.63. The SMILES string of the molecule is CC(=O)OC(C)C(=O)N(CC1CN(C(=O)OC(C)(C)C)CC1F)C(c1nc(-c2cc(F)ccc2F)cn1Cc1ccccc1)C1CCN(C(C)=O)CC1. The normalized spacial score (nSPS) is 19.1. The molecule has 0 saturated carbocycles. The number of imidazole rings is 1. The summed E-state index contributed by atoms with van der Waals surface area (Å²) in [5, 5.41) is 0. The van der Waals surface area contributed by atoms with E-state index in [1.165, 1.54) is 30.6 Å². The van der Waals surface area contributed by atoms with E-state index >= 15 is 8.78 Å². The van der Waals surface area contributed by atoms with Crippen LogP contribution >= 0.6 is 0 Å². The lowest BCUT2D eigenvalue weighted by Gasteiger charge is -2.42. The van der Waals surface area contributed by atoms with Crippen LogP contribution in [-0.4, -0.2) is 98.7 Å². The Labute approximate surface area is 308 Å². The van der Waals surface area contributed by atoms with Gasteiger partial charge in [-0.05, 0) is 70.2 Å². The van der Waals surface area contributed by atoms with Crippen molar-refractivity contribution in [2.45, 2.75) is 84.8 Å². The molecule has 3 amide bonds. The number of carbonyl (C=O) groups excluding carboxylic acids is 4. The van der Waals surface area contributed by atoms with Gasteiger partial charge < -0.3 is 28.7 Å². The van der Waals surface area contributed by atoms with Gasteiger partial charge in [0.05, 0.1) is 18.3 Å². The summed E-state index contributed by atoms with van der Waals surface area (Å²) in [7, 11) is 0. The maximum Gasteiger partial charge on any atom is 0.410 e. The molecule has 14 heteroatoms. The topological polar surface area (TPSA) is 114 Å². The highest BCUT2D eigenvalue weighted by Crippen LogP contribution is 2.39. The second-order valence-corrected chi connectivity index (χ2v) is 14.9. The first-order chi connectivity index (χ1) is 25.0. The third-order valence-electron chi connectivity index (χ3n) is 9.66. The maximum absolute atomic E-state index is 16.0. The minimum atomic E-state index is -1.52. The van der Waals surface area contributed by atoms with E-state index in [1.807, 2.05) is 30.3 Å². The van der Waals surface area contributed by atoms with Gasteiger partial charge in [0.25, 0.3) is 5.91 Å². The number of rotatable bonds is 10. The number of alkyl halides is 1. The van der Waals surface area contributed by atoms with E-state index in [-0.39, 0.29) is 49.3 Å². The number of hydrogen-bond acceptors (Lipinski definition) is 7. The standard InChI is InChI=1S/C39H48F3N5O6/c1-24(52-26(3)49)37(50)47(21-29-20-46(22-33(29)42)38(51)53-39(4,5)6)35(28-14-16-44(17-15-28)25(2)48)36-43-34(31-18-30(40)12-13-32(31)41)23-45(36)19-27-10-8-7-9-11-27/h7-13,18,23-24,28-29,33,35H,14-17,19-22H2,1-6H3. The average Bonchev–Trinajstić information content (AvgIpc) is 3.67. The molecule has 3 heterocycles. The Morgan fingerprint density at radius 1 is 0.981 bits per heavy atom. The zero-order valence-electron chi connectivity index (χ0n) is 31.1. The van der Waals surface area contributed by atoms with Crippen LogP contribution in [0.25, 0.3) is 11.3 Å². The van der Waals surface area contributed by atoms with Crippen molar-refractivity contribution < 1.29 is 41.8 Å². The molecule has 2 aliphatic heterocycles. The van der Waals surface area contributed by atoms with E-state index in [0.717, 1.165) is 23.8 Å². The van der Waals surface area contributed by atoms with E-state index < -0.39 is 59.4 Å². The fraction of sp³-hybridized carbons (Fsp3) is 0.513. The highest BCUT2D eigenvalue weighted by molar-refractivity contribution is 5.83. The first kappa shape index (κ1) is 39.3. The number of amides is 3. The van der Waals surface area contributed by atoms with Crippen LogP contribution in [0.4, 0.5) is 18.0 Å². The molecule has 2 fully saturated rings. The molecule has 3 aromatic rings. The first-order valence-electron chi connectivity index (χ1n) is 17.9. The van der Waals surface area contributed by atoms with E-state index in [9.17, 15) is 23.6 Å². The van der Waals surface area contributed by atoms with Crippen molar-refractivity contribution in [3.05, 3.63) is 77.8 Å². The highest BCUT2D eigenvalue weighted by atomic mass is 19.1. The molecule has 11 nitrogen and oxygen atoms in total. The molecule has 4 unspecified atom stereocenters. The Morgan fingerprint density at radius 3 is 2.28 bits per heavy atom. The van der Waals surface area contributed by atoms with E-state index in [1.54, 1.807) is 36.4 Å². The number of esters is 1. The van der Waals surface area contributed by atoms with E-state index in [2.05, 4.69) is 0 Å². The number of aromatic nitrogens is 2. The van der Waals surface area contributed by atoms with Gasteiger partial charge in [-0.15, -0.1) is 0 Å². The van der Waals surface area contributed by atoms with E-state index in [0.29, 0.717) is 31.8 Å². The second kappa shape index (κ2) is 16.4. The van der Waals surface area contributed by atoms with Crippen molar-refractivity contribution in [1.82, 2.24) is 24.3 Å². The quantitative estimate of drug-likeness (QED) is 0.229. The van der Waals surface area contributed by atoms with E-state index in [4.69, 9.17) is 14.5 Å². The fourth-order valence-corrected chi connectivity index (χ4v) is 7.14. The molecule has 0 radical (unpaired) electrons. The molecule has 2 aliphatic rings. The van der Waals surface area contributed by atoms with Gasteiger partial charge in [0.1, 0.15) is 29.2 Å². The highest BCUT2D eigenvalue weighted by Gasteiger charge is 2.45. The Hall–Kier alpha value is -4.88. The van der Waals surface area contributed by atoms with Crippen LogP contribution < -0.4 is 0 Å². The lowest BCUT2D eigenvalue weighted by Crippen LogP contribution is -2.50. The van der Waals surface area contributed by atoms with Crippen molar-refractivity contribution in [2.24, 2.45) is 11.8 Å².